The Hall–Kier alpha value is -1.69. The van der Waals surface area contributed by atoms with E-state index in [0.29, 0.717) is 5.56 Å². The molecule has 0 aliphatic carbocycles. The summed E-state index contributed by atoms with van der Waals surface area (Å²) in [6.45, 7) is 2.45. The third kappa shape index (κ3) is 3.45. The van der Waals surface area contributed by atoms with Crippen LogP contribution in [-0.4, -0.2) is 8.42 Å². The summed E-state index contributed by atoms with van der Waals surface area (Å²) in [6, 6.07) is 14.5. The molecule has 2 rings (SSSR count). The molecule has 0 spiro atoms. The Morgan fingerprint density at radius 1 is 1.05 bits per heavy atom. The van der Waals surface area contributed by atoms with E-state index in [2.05, 4.69) is 4.72 Å². The average Bonchev–Trinajstić information content (AvgIpc) is 2.46. The average molecular weight is 290 g/mol. The van der Waals surface area contributed by atoms with Crippen molar-refractivity contribution in [3.63, 3.8) is 0 Å². The highest BCUT2D eigenvalue weighted by Crippen LogP contribution is 2.15. The number of hydrogen-bond acceptors (Lipinski definition) is 3. The van der Waals surface area contributed by atoms with Gasteiger partial charge in [-0.3, -0.25) is 0 Å². The summed E-state index contributed by atoms with van der Waals surface area (Å²) in [6.07, 6.45) is 0. The van der Waals surface area contributed by atoms with Gasteiger partial charge in [-0.1, -0.05) is 48.0 Å². The van der Waals surface area contributed by atoms with Gasteiger partial charge in [0.1, 0.15) is 0 Å². The Balaban J connectivity index is 2.17. The zero-order valence-electron chi connectivity index (χ0n) is 11.3. The van der Waals surface area contributed by atoms with E-state index >= 15 is 0 Å². The predicted molar refractivity (Wildman–Crippen MR) is 79.5 cm³/mol. The Labute approximate surface area is 119 Å². The molecule has 0 amide bonds. The summed E-state index contributed by atoms with van der Waals surface area (Å²) in [7, 11) is -3.54. The smallest absolute Gasteiger partial charge is 0.241 e. The van der Waals surface area contributed by atoms with E-state index in [9.17, 15) is 8.42 Å². The van der Waals surface area contributed by atoms with Crippen LogP contribution in [0.25, 0.3) is 0 Å². The van der Waals surface area contributed by atoms with Crippen molar-refractivity contribution < 1.29 is 8.42 Å². The monoisotopic (exact) mass is 290 g/mol. The van der Waals surface area contributed by atoms with E-state index in [1.807, 2.05) is 31.2 Å². The van der Waals surface area contributed by atoms with Crippen molar-refractivity contribution in [2.45, 2.75) is 24.9 Å². The fourth-order valence-electron chi connectivity index (χ4n) is 1.90. The Kier molecular flexibility index (Phi) is 4.54. The van der Waals surface area contributed by atoms with E-state index in [1.165, 1.54) is 0 Å². The summed E-state index contributed by atoms with van der Waals surface area (Å²) < 4.78 is 27.2. The zero-order chi connectivity index (χ0) is 14.6. The van der Waals surface area contributed by atoms with Gasteiger partial charge >= 0.3 is 0 Å². The number of hydrogen-bond donors (Lipinski definition) is 2. The minimum atomic E-state index is -3.54. The molecule has 0 aliphatic heterocycles. The van der Waals surface area contributed by atoms with Crippen molar-refractivity contribution in [3.8, 4) is 0 Å². The van der Waals surface area contributed by atoms with Gasteiger partial charge in [-0.2, -0.15) is 0 Å². The normalized spacial score (nSPS) is 11.5. The molecule has 4 nitrogen and oxygen atoms in total. The van der Waals surface area contributed by atoms with Gasteiger partial charge in [0.15, 0.2) is 0 Å². The molecule has 0 fully saturated rings. The van der Waals surface area contributed by atoms with Gasteiger partial charge < -0.3 is 5.73 Å². The molecule has 2 aromatic rings. The van der Waals surface area contributed by atoms with E-state index in [0.717, 1.165) is 11.1 Å². The highest BCUT2D eigenvalue weighted by atomic mass is 32.2. The van der Waals surface area contributed by atoms with Crippen LogP contribution in [-0.2, 0) is 23.1 Å². The molecular weight excluding hydrogens is 272 g/mol. The lowest BCUT2D eigenvalue weighted by atomic mass is 10.2. The minimum Gasteiger partial charge on any atom is -0.326 e. The molecule has 0 atom stereocenters. The largest absolute Gasteiger partial charge is 0.326 e. The second-order valence-corrected chi connectivity index (χ2v) is 6.36. The molecule has 0 aromatic heterocycles. The number of benzene rings is 2. The van der Waals surface area contributed by atoms with Crippen molar-refractivity contribution in [3.05, 3.63) is 65.2 Å². The lowest BCUT2D eigenvalue weighted by molar-refractivity contribution is 0.580. The van der Waals surface area contributed by atoms with Gasteiger partial charge in [0.25, 0.3) is 0 Å². The number of aryl methyl sites for hydroxylation is 1. The van der Waals surface area contributed by atoms with E-state index in [-0.39, 0.29) is 18.0 Å². The van der Waals surface area contributed by atoms with Crippen LogP contribution in [0.3, 0.4) is 0 Å². The van der Waals surface area contributed by atoms with Crippen LogP contribution < -0.4 is 10.5 Å². The Morgan fingerprint density at radius 3 is 2.35 bits per heavy atom. The first-order valence-electron chi connectivity index (χ1n) is 6.36. The summed E-state index contributed by atoms with van der Waals surface area (Å²) in [5, 5.41) is 0. The fourth-order valence-corrected chi connectivity index (χ4v) is 3.16. The lowest BCUT2D eigenvalue weighted by Gasteiger charge is -2.10. The maximum absolute atomic E-state index is 12.3. The first-order valence-corrected chi connectivity index (χ1v) is 7.84. The van der Waals surface area contributed by atoms with Crippen molar-refractivity contribution in [2.75, 3.05) is 0 Å². The quantitative estimate of drug-likeness (QED) is 0.884. The van der Waals surface area contributed by atoms with Gasteiger partial charge in [-0.15, -0.1) is 0 Å². The zero-order valence-corrected chi connectivity index (χ0v) is 12.2. The van der Waals surface area contributed by atoms with E-state index in [4.69, 9.17) is 5.73 Å². The second kappa shape index (κ2) is 6.17. The standard InChI is InChI=1S/C15H18N2O2S/c1-12-6-8-13(9-7-12)11-17-20(18,19)15-5-3-2-4-14(15)10-16/h2-9,17H,10-11,16H2,1H3. The number of rotatable bonds is 5. The van der Waals surface area contributed by atoms with E-state index < -0.39 is 10.0 Å². The van der Waals surface area contributed by atoms with Crippen LogP contribution in [0.5, 0.6) is 0 Å². The molecular formula is C15H18N2O2S. The van der Waals surface area contributed by atoms with E-state index in [1.54, 1.807) is 24.3 Å². The minimum absolute atomic E-state index is 0.196. The van der Waals surface area contributed by atoms with Gasteiger partial charge in [-0.05, 0) is 24.1 Å². The Morgan fingerprint density at radius 2 is 1.70 bits per heavy atom. The molecule has 2 aromatic carbocycles. The van der Waals surface area contributed by atoms with Crippen LogP contribution in [0.15, 0.2) is 53.4 Å². The topological polar surface area (TPSA) is 72.2 Å². The van der Waals surface area contributed by atoms with Crippen LogP contribution in [0, 0.1) is 6.92 Å². The molecule has 0 radical (unpaired) electrons. The molecule has 0 bridgehead atoms. The van der Waals surface area contributed by atoms with Crippen LogP contribution in [0.4, 0.5) is 0 Å². The maximum atomic E-state index is 12.3. The maximum Gasteiger partial charge on any atom is 0.241 e. The fraction of sp³-hybridized carbons (Fsp3) is 0.200. The molecule has 106 valence electrons. The summed E-state index contributed by atoms with van der Waals surface area (Å²) >= 11 is 0. The third-order valence-corrected chi connectivity index (χ3v) is 4.57. The van der Waals surface area contributed by atoms with Gasteiger partial charge in [0, 0.05) is 13.1 Å². The van der Waals surface area contributed by atoms with Gasteiger partial charge in [-0.25, -0.2) is 13.1 Å². The molecule has 0 aliphatic rings. The first kappa shape index (κ1) is 14.7. The third-order valence-electron chi connectivity index (χ3n) is 3.07. The summed E-state index contributed by atoms with van der Waals surface area (Å²) in [5.41, 5.74) is 8.26. The number of sulfonamides is 1. The van der Waals surface area contributed by atoms with Gasteiger partial charge in [0.2, 0.25) is 10.0 Å². The van der Waals surface area contributed by atoms with Crippen molar-refractivity contribution in [1.82, 2.24) is 4.72 Å². The molecule has 3 N–H and O–H groups in total. The van der Waals surface area contributed by atoms with Crippen LogP contribution >= 0.6 is 0 Å². The van der Waals surface area contributed by atoms with Crippen molar-refractivity contribution >= 4 is 10.0 Å². The molecule has 20 heavy (non-hydrogen) atoms. The predicted octanol–water partition coefficient (Wildman–Crippen LogP) is 1.93. The molecule has 0 saturated carbocycles. The van der Waals surface area contributed by atoms with Gasteiger partial charge in [0.05, 0.1) is 4.90 Å². The summed E-state index contributed by atoms with van der Waals surface area (Å²) in [4.78, 5) is 0.245. The lowest BCUT2D eigenvalue weighted by Crippen LogP contribution is -2.24. The number of nitrogens with two attached hydrogens (primary N) is 1. The first-order chi connectivity index (χ1) is 9.53. The Bertz CT molecular complexity index is 679. The molecule has 0 heterocycles. The molecule has 5 heteroatoms. The van der Waals surface area contributed by atoms with Crippen molar-refractivity contribution in [2.24, 2.45) is 5.73 Å². The highest BCUT2D eigenvalue weighted by Gasteiger charge is 2.16. The SMILES string of the molecule is Cc1ccc(CNS(=O)(=O)c2ccccc2CN)cc1. The van der Waals surface area contributed by atoms with Crippen LogP contribution in [0.2, 0.25) is 0 Å². The van der Waals surface area contributed by atoms with Crippen molar-refractivity contribution in [1.29, 1.82) is 0 Å². The number of nitrogens with one attached hydrogen (secondary N) is 1. The second-order valence-electron chi connectivity index (χ2n) is 4.62. The summed E-state index contributed by atoms with van der Waals surface area (Å²) in [5.74, 6) is 0. The van der Waals surface area contributed by atoms with Crippen LogP contribution in [0.1, 0.15) is 16.7 Å². The molecule has 0 unspecified atom stereocenters. The highest BCUT2D eigenvalue weighted by molar-refractivity contribution is 7.89. The molecule has 0 saturated heterocycles.